The van der Waals surface area contributed by atoms with Crippen LogP contribution >= 0.6 is 15.9 Å². The molecular formula is C18H19BrFNO3. The van der Waals surface area contributed by atoms with Gasteiger partial charge >= 0.3 is 0 Å². The Labute approximate surface area is 149 Å². The number of para-hydroxylation sites is 2. The summed E-state index contributed by atoms with van der Waals surface area (Å²) in [6, 6.07) is 11.3. The molecule has 2 aromatic rings. The number of hydrogen-bond acceptors (Lipinski definition) is 3. The molecule has 6 heteroatoms. The molecular weight excluding hydrogens is 377 g/mol. The van der Waals surface area contributed by atoms with E-state index in [4.69, 9.17) is 9.47 Å². The van der Waals surface area contributed by atoms with Crippen LogP contribution in [0.1, 0.15) is 20.3 Å². The number of ether oxygens (including phenoxy) is 2. The van der Waals surface area contributed by atoms with Crippen molar-refractivity contribution < 1.29 is 18.7 Å². The molecule has 0 bridgehead atoms. The maximum atomic E-state index is 13.1. The molecule has 2 aromatic carbocycles. The zero-order chi connectivity index (χ0) is 17.5. The molecule has 2 rings (SSSR count). The molecule has 0 aliphatic heterocycles. The molecule has 0 saturated heterocycles. The van der Waals surface area contributed by atoms with E-state index in [-0.39, 0.29) is 11.7 Å². The van der Waals surface area contributed by atoms with Crippen LogP contribution in [-0.2, 0) is 4.79 Å². The highest BCUT2D eigenvalue weighted by molar-refractivity contribution is 9.10. The van der Waals surface area contributed by atoms with E-state index in [2.05, 4.69) is 21.2 Å². The van der Waals surface area contributed by atoms with Crippen LogP contribution in [0.15, 0.2) is 46.9 Å². The lowest BCUT2D eigenvalue weighted by molar-refractivity contribution is -0.122. The maximum Gasteiger partial charge on any atom is 0.265 e. The predicted octanol–water partition coefficient (Wildman–Crippen LogP) is 4.78. The molecule has 0 heterocycles. The van der Waals surface area contributed by atoms with Crippen LogP contribution in [0, 0.1) is 5.82 Å². The summed E-state index contributed by atoms with van der Waals surface area (Å²) in [5, 5.41) is 2.79. The van der Waals surface area contributed by atoms with E-state index < -0.39 is 6.10 Å². The highest BCUT2D eigenvalue weighted by Crippen LogP contribution is 2.27. The van der Waals surface area contributed by atoms with Crippen LogP contribution < -0.4 is 14.8 Å². The fourth-order valence-electron chi connectivity index (χ4n) is 1.96. The first-order chi connectivity index (χ1) is 11.5. The molecule has 0 saturated carbocycles. The van der Waals surface area contributed by atoms with Crippen molar-refractivity contribution in [1.82, 2.24) is 0 Å². The molecule has 0 fully saturated rings. The molecule has 0 radical (unpaired) electrons. The summed E-state index contributed by atoms with van der Waals surface area (Å²) in [5.74, 6) is 0.310. The fraction of sp³-hybridized carbons (Fsp3) is 0.278. The van der Waals surface area contributed by atoms with Crippen LogP contribution in [-0.4, -0.2) is 18.6 Å². The lowest BCUT2D eigenvalue weighted by atomic mass is 10.2. The quantitative estimate of drug-likeness (QED) is 0.733. The highest BCUT2D eigenvalue weighted by atomic mass is 79.9. The number of carbonyl (C=O) groups is 1. The molecule has 4 nitrogen and oxygen atoms in total. The third-order valence-corrected chi connectivity index (χ3v) is 3.79. The van der Waals surface area contributed by atoms with Gasteiger partial charge in [-0.3, -0.25) is 4.79 Å². The first-order valence-corrected chi connectivity index (χ1v) is 8.45. The van der Waals surface area contributed by atoms with Crippen molar-refractivity contribution >= 4 is 27.5 Å². The Morgan fingerprint density at radius 1 is 1.25 bits per heavy atom. The van der Waals surface area contributed by atoms with E-state index in [9.17, 15) is 9.18 Å². The second-order valence-electron chi connectivity index (χ2n) is 5.17. The van der Waals surface area contributed by atoms with Gasteiger partial charge in [-0.05, 0) is 59.6 Å². The van der Waals surface area contributed by atoms with Gasteiger partial charge < -0.3 is 14.8 Å². The highest BCUT2D eigenvalue weighted by Gasteiger charge is 2.18. The van der Waals surface area contributed by atoms with Crippen molar-refractivity contribution in [3.63, 3.8) is 0 Å². The number of hydrogen-bond donors (Lipinski definition) is 1. The largest absolute Gasteiger partial charge is 0.491 e. The van der Waals surface area contributed by atoms with Crippen LogP contribution in [0.3, 0.4) is 0 Å². The zero-order valence-electron chi connectivity index (χ0n) is 13.5. The Hall–Kier alpha value is -2.08. The van der Waals surface area contributed by atoms with Gasteiger partial charge in [0.05, 0.1) is 16.8 Å². The molecule has 24 heavy (non-hydrogen) atoms. The predicted molar refractivity (Wildman–Crippen MR) is 95.0 cm³/mol. The maximum absolute atomic E-state index is 13.1. The summed E-state index contributed by atoms with van der Waals surface area (Å²) >= 11 is 3.21. The average molecular weight is 396 g/mol. The third-order valence-electron chi connectivity index (χ3n) is 3.17. The minimum atomic E-state index is -0.758. The summed E-state index contributed by atoms with van der Waals surface area (Å²) < 4.78 is 24.8. The Bertz CT molecular complexity index is 708. The first-order valence-electron chi connectivity index (χ1n) is 7.65. The number of carbonyl (C=O) groups excluding carboxylic acids is 1. The van der Waals surface area contributed by atoms with Crippen molar-refractivity contribution in [2.75, 3.05) is 11.9 Å². The summed E-state index contributed by atoms with van der Waals surface area (Å²) in [5.41, 5.74) is 0.588. The Morgan fingerprint density at radius 2 is 2.00 bits per heavy atom. The lowest BCUT2D eigenvalue weighted by Crippen LogP contribution is -2.30. The van der Waals surface area contributed by atoms with E-state index in [1.807, 2.05) is 19.1 Å². The minimum Gasteiger partial charge on any atom is -0.491 e. The van der Waals surface area contributed by atoms with Crippen LogP contribution in [0.2, 0.25) is 0 Å². The summed E-state index contributed by atoms with van der Waals surface area (Å²) in [7, 11) is 0. The Balaban J connectivity index is 2.04. The molecule has 1 N–H and O–H groups in total. The number of nitrogens with one attached hydrogen (secondary N) is 1. The summed E-state index contributed by atoms with van der Waals surface area (Å²) in [4.78, 5) is 12.3. The normalized spacial score (nSPS) is 11.7. The second kappa shape index (κ2) is 8.68. The summed E-state index contributed by atoms with van der Waals surface area (Å²) in [6.45, 7) is 4.21. The van der Waals surface area contributed by atoms with Crippen molar-refractivity contribution in [3.8, 4) is 11.5 Å². The first kappa shape index (κ1) is 18.3. The van der Waals surface area contributed by atoms with Gasteiger partial charge in [0.1, 0.15) is 17.3 Å². The molecule has 1 atom stereocenters. The second-order valence-corrected chi connectivity index (χ2v) is 6.02. The monoisotopic (exact) mass is 395 g/mol. The van der Waals surface area contributed by atoms with E-state index in [0.717, 1.165) is 6.42 Å². The molecule has 1 amide bonds. The molecule has 1 unspecified atom stereocenters. The third kappa shape index (κ3) is 4.96. The smallest absolute Gasteiger partial charge is 0.265 e. The van der Waals surface area contributed by atoms with Crippen molar-refractivity contribution in [2.45, 2.75) is 26.4 Å². The SMILES string of the molecule is CCCOc1ccccc1NC(=O)C(C)Oc1ccc(F)cc1Br. The van der Waals surface area contributed by atoms with E-state index >= 15 is 0 Å². The van der Waals surface area contributed by atoms with Gasteiger partial charge in [-0.2, -0.15) is 0 Å². The van der Waals surface area contributed by atoms with Crippen molar-refractivity contribution in [3.05, 3.63) is 52.8 Å². The van der Waals surface area contributed by atoms with Gasteiger partial charge in [0.25, 0.3) is 5.91 Å². The van der Waals surface area contributed by atoms with Gasteiger partial charge in [0.2, 0.25) is 0 Å². The van der Waals surface area contributed by atoms with Crippen molar-refractivity contribution in [1.29, 1.82) is 0 Å². The molecule has 128 valence electrons. The Kier molecular flexibility index (Phi) is 6.61. The average Bonchev–Trinajstić information content (AvgIpc) is 2.56. The standard InChI is InChI=1S/C18H19BrFNO3/c1-3-10-23-17-7-5-4-6-15(17)21-18(22)12(2)24-16-9-8-13(20)11-14(16)19/h4-9,11-12H,3,10H2,1-2H3,(H,21,22). The summed E-state index contributed by atoms with van der Waals surface area (Å²) in [6.07, 6.45) is 0.117. The van der Waals surface area contributed by atoms with Gasteiger partial charge in [-0.1, -0.05) is 19.1 Å². The molecule has 0 aliphatic carbocycles. The number of benzene rings is 2. The van der Waals surface area contributed by atoms with E-state index in [1.165, 1.54) is 18.2 Å². The molecule has 0 aromatic heterocycles. The van der Waals surface area contributed by atoms with Crippen LogP contribution in [0.4, 0.5) is 10.1 Å². The number of amides is 1. The topological polar surface area (TPSA) is 47.6 Å². The molecule has 0 aliphatic rings. The number of anilines is 1. The van der Waals surface area contributed by atoms with E-state index in [0.29, 0.717) is 28.3 Å². The molecule has 0 spiro atoms. The van der Waals surface area contributed by atoms with Gasteiger partial charge in [-0.15, -0.1) is 0 Å². The van der Waals surface area contributed by atoms with Crippen LogP contribution in [0.5, 0.6) is 11.5 Å². The minimum absolute atomic E-state index is 0.321. The zero-order valence-corrected chi connectivity index (χ0v) is 15.1. The Morgan fingerprint density at radius 3 is 2.71 bits per heavy atom. The van der Waals surface area contributed by atoms with Gasteiger partial charge in [0, 0.05) is 0 Å². The van der Waals surface area contributed by atoms with Crippen LogP contribution in [0.25, 0.3) is 0 Å². The fourth-order valence-corrected chi connectivity index (χ4v) is 2.40. The van der Waals surface area contributed by atoms with Gasteiger partial charge in [0.15, 0.2) is 6.10 Å². The van der Waals surface area contributed by atoms with E-state index in [1.54, 1.807) is 19.1 Å². The number of rotatable bonds is 7. The lowest BCUT2D eigenvalue weighted by Gasteiger charge is -2.17. The van der Waals surface area contributed by atoms with Crippen molar-refractivity contribution in [2.24, 2.45) is 0 Å². The number of halogens is 2. The van der Waals surface area contributed by atoms with Gasteiger partial charge in [-0.25, -0.2) is 4.39 Å².